The molecule has 1 aromatic carbocycles. The second-order valence-corrected chi connectivity index (χ2v) is 6.45. The predicted octanol–water partition coefficient (Wildman–Crippen LogP) is 3.68. The first-order chi connectivity index (χ1) is 12.6. The predicted molar refractivity (Wildman–Crippen MR) is 105 cm³/mol. The molecule has 0 atom stereocenters. The third-order valence-corrected chi connectivity index (χ3v) is 4.50. The topological polar surface area (TPSA) is 56.8 Å². The number of carbonyl (C=O) groups excluding carboxylic acids is 1. The highest BCUT2D eigenvalue weighted by molar-refractivity contribution is 7.71. The summed E-state index contributed by atoms with van der Waals surface area (Å²) in [5.74, 6) is 0.694. The van der Waals surface area contributed by atoms with E-state index < -0.39 is 0 Å². The zero-order chi connectivity index (χ0) is 18.5. The van der Waals surface area contributed by atoms with E-state index in [0.29, 0.717) is 4.77 Å². The number of aryl methyl sites for hydroxylation is 2. The van der Waals surface area contributed by atoms with Crippen molar-refractivity contribution in [1.82, 2.24) is 19.1 Å². The number of nitrogens with zero attached hydrogens (tertiary/aromatic N) is 4. The fourth-order valence-electron chi connectivity index (χ4n) is 2.78. The third kappa shape index (κ3) is 3.94. The molecule has 0 aliphatic rings. The van der Waals surface area contributed by atoms with Gasteiger partial charge in [-0.1, -0.05) is 26.0 Å². The van der Waals surface area contributed by atoms with Crippen LogP contribution in [-0.2, 0) is 24.2 Å². The molecule has 0 unspecified atom stereocenters. The lowest BCUT2D eigenvalue weighted by Gasteiger charge is -2.07. The van der Waals surface area contributed by atoms with Gasteiger partial charge in [0.05, 0.1) is 0 Å². The molecule has 2 heterocycles. The van der Waals surface area contributed by atoms with E-state index in [0.717, 1.165) is 30.8 Å². The number of benzene rings is 1. The Kier molecular flexibility index (Phi) is 5.68. The van der Waals surface area contributed by atoms with Gasteiger partial charge < -0.3 is 5.32 Å². The average molecular weight is 369 g/mol. The number of nitrogens with one attached hydrogen (secondary N) is 1. The van der Waals surface area contributed by atoms with Crippen molar-refractivity contribution in [2.75, 3.05) is 5.32 Å². The molecule has 0 radical (unpaired) electrons. The van der Waals surface area contributed by atoms with Crippen molar-refractivity contribution in [1.29, 1.82) is 0 Å². The minimum absolute atomic E-state index is 0.0827. The monoisotopic (exact) mass is 369 g/mol. The van der Waals surface area contributed by atoms with Crippen LogP contribution in [0.2, 0.25) is 0 Å². The zero-order valence-corrected chi connectivity index (χ0v) is 15.9. The summed E-state index contributed by atoms with van der Waals surface area (Å²) < 4.78 is 5.83. The first kappa shape index (κ1) is 18.1. The third-order valence-electron chi connectivity index (χ3n) is 4.12. The molecule has 0 saturated carbocycles. The number of hydrogen-bond acceptors (Lipinski definition) is 3. The van der Waals surface area contributed by atoms with Gasteiger partial charge in [-0.3, -0.25) is 9.47 Å². The van der Waals surface area contributed by atoms with Crippen LogP contribution in [0.4, 0.5) is 5.69 Å². The average Bonchev–Trinajstić information content (AvgIpc) is 3.25. The van der Waals surface area contributed by atoms with Crippen LogP contribution < -0.4 is 5.32 Å². The number of carbonyl (C=O) groups is 1. The van der Waals surface area contributed by atoms with Gasteiger partial charge in [0, 0.05) is 24.5 Å². The van der Waals surface area contributed by atoms with Gasteiger partial charge in [-0.2, -0.15) is 5.10 Å². The lowest BCUT2D eigenvalue weighted by Crippen LogP contribution is -2.20. The van der Waals surface area contributed by atoms with Crippen molar-refractivity contribution < 1.29 is 4.79 Å². The van der Waals surface area contributed by atoms with Gasteiger partial charge in [0.15, 0.2) is 5.82 Å². The van der Waals surface area contributed by atoms with Crippen molar-refractivity contribution in [3.8, 4) is 0 Å². The number of hydrogen-bond donors (Lipinski definition) is 1. The first-order valence-corrected chi connectivity index (χ1v) is 9.24. The number of aromatic nitrogens is 4. The van der Waals surface area contributed by atoms with Crippen molar-refractivity contribution in [2.24, 2.45) is 0 Å². The minimum Gasteiger partial charge on any atom is -0.324 e. The second-order valence-electron chi connectivity index (χ2n) is 6.08. The molecular formula is C19H23N5OS. The van der Waals surface area contributed by atoms with E-state index in [2.05, 4.69) is 24.3 Å². The second kappa shape index (κ2) is 8.14. The zero-order valence-electron chi connectivity index (χ0n) is 15.1. The first-order valence-electron chi connectivity index (χ1n) is 8.83. The van der Waals surface area contributed by atoms with Gasteiger partial charge >= 0.3 is 0 Å². The lowest BCUT2D eigenvalue weighted by molar-refractivity contribution is -0.116. The molecule has 136 valence electrons. The Hall–Kier alpha value is -2.67. The van der Waals surface area contributed by atoms with Gasteiger partial charge in [0.1, 0.15) is 6.54 Å². The van der Waals surface area contributed by atoms with Gasteiger partial charge in [-0.25, -0.2) is 9.36 Å². The Bertz CT molecular complexity index is 922. The molecule has 2 aromatic heterocycles. The number of anilines is 1. The molecule has 0 fully saturated rings. The molecule has 0 bridgehead atoms. The summed E-state index contributed by atoms with van der Waals surface area (Å²) in [6.45, 7) is 4.28. The Morgan fingerprint density at radius 2 is 1.85 bits per heavy atom. The molecule has 3 rings (SSSR count). The fourth-order valence-corrected chi connectivity index (χ4v) is 3.08. The Balaban J connectivity index is 1.79. The van der Waals surface area contributed by atoms with E-state index in [1.807, 2.05) is 58.1 Å². The summed E-state index contributed by atoms with van der Waals surface area (Å²) >= 11 is 5.55. The van der Waals surface area contributed by atoms with Crippen LogP contribution in [-0.4, -0.2) is 25.0 Å². The molecule has 3 aromatic rings. The molecule has 0 saturated heterocycles. The summed E-state index contributed by atoms with van der Waals surface area (Å²) in [6.07, 6.45) is 6.53. The highest BCUT2D eigenvalue weighted by Gasteiger charge is 2.14. The van der Waals surface area contributed by atoms with Crippen molar-refractivity contribution >= 4 is 23.8 Å². The lowest BCUT2D eigenvalue weighted by atomic mass is 10.1. The largest absolute Gasteiger partial charge is 0.324 e. The van der Waals surface area contributed by atoms with Crippen LogP contribution in [0.3, 0.4) is 0 Å². The van der Waals surface area contributed by atoms with E-state index in [1.165, 1.54) is 5.56 Å². The number of rotatable bonds is 7. The summed E-state index contributed by atoms with van der Waals surface area (Å²) in [6, 6.07) is 11.7. The summed E-state index contributed by atoms with van der Waals surface area (Å²) in [4.78, 5) is 12.4. The van der Waals surface area contributed by atoms with Crippen LogP contribution in [0.25, 0.3) is 0 Å². The molecule has 26 heavy (non-hydrogen) atoms. The van der Waals surface area contributed by atoms with Gasteiger partial charge in [0.2, 0.25) is 10.7 Å². The van der Waals surface area contributed by atoms with E-state index in [4.69, 9.17) is 12.2 Å². The van der Waals surface area contributed by atoms with E-state index in [-0.39, 0.29) is 12.5 Å². The van der Waals surface area contributed by atoms with Crippen molar-refractivity contribution in [2.45, 2.75) is 39.7 Å². The van der Waals surface area contributed by atoms with E-state index in [1.54, 1.807) is 4.68 Å². The van der Waals surface area contributed by atoms with Crippen LogP contribution in [0.15, 0.2) is 48.8 Å². The van der Waals surface area contributed by atoms with E-state index >= 15 is 0 Å². The summed E-state index contributed by atoms with van der Waals surface area (Å²) in [7, 11) is 0. The molecule has 6 nitrogen and oxygen atoms in total. The molecular weight excluding hydrogens is 346 g/mol. The Morgan fingerprint density at radius 1 is 1.15 bits per heavy atom. The summed E-state index contributed by atoms with van der Waals surface area (Å²) in [5, 5.41) is 7.46. The maximum absolute atomic E-state index is 12.4. The van der Waals surface area contributed by atoms with E-state index in [9.17, 15) is 4.79 Å². The Morgan fingerprint density at radius 3 is 2.46 bits per heavy atom. The standard InChI is InChI=1S/C19H23N5OS/c1-3-7-17-21-23(19(26)24(17)22-12-5-6-13-22)14-18(25)20-16-10-8-15(4-2)9-11-16/h5-6,8-13H,3-4,7,14H2,1-2H3,(H,20,25). The Labute approximate surface area is 158 Å². The van der Waals surface area contributed by atoms with Gasteiger partial charge in [-0.15, -0.1) is 0 Å². The van der Waals surface area contributed by atoms with Crippen LogP contribution in [0.5, 0.6) is 0 Å². The van der Waals surface area contributed by atoms with Crippen LogP contribution >= 0.6 is 12.2 Å². The van der Waals surface area contributed by atoms with Crippen molar-refractivity contribution in [3.05, 3.63) is 65.0 Å². The molecule has 0 aliphatic carbocycles. The van der Waals surface area contributed by atoms with Crippen LogP contribution in [0.1, 0.15) is 31.7 Å². The maximum atomic E-state index is 12.4. The molecule has 1 amide bonds. The van der Waals surface area contributed by atoms with Gasteiger partial charge in [-0.05, 0) is 54.9 Å². The molecule has 1 N–H and O–H groups in total. The SMILES string of the molecule is CCCc1nn(CC(=O)Nc2ccc(CC)cc2)c(=S)n1-n1cccc1. The smallest absolute Gasteiger partial charge is 0.246 e. The van der Waals surface area contributed by atoms with Gasteiger partial charge in [0.25, 0.3) is 0 Å². The maximum Gasteiger partial charge on any atom is 0.246 e. The number of amides is 1. The minimum atomic E-state index is -0.148. The normalized spacial score (nSPS) is 10.8. The summed E-state index contributed by atoms with van der Waals surface area (Å²) in [5.41, 5.74) is 2.01. The quantitative estimate of drug-likeness (QED) is 0.646. The molecule has 0 spiro atoms. The van der Waals surface area contributed by atoms with Crippen LogP contribution in [0, 0.1) is 4.77 Å². The van der Waals surface area contributed by atoms with Crippen molar-refractivity contribution in [3.63, 3.8) is 0 Å². The highest BCUT2D eigenvalue weighted by atomic mass is 32.1. The fraction of sp³-hybridized carbons (Fsp3) is 0.316. The highest BCUT2D eigenvalue weighted by Crippen LogP contribution is 2.11. The molecule has 7 heteroatoms. The molecule has 0 aliphatic heterocycles.